The third-order valence-corrected chi connectivity index (χ3v) is 4.31. The first-order chi connectivity index (χ1) is 16.0. The smallest absolute Gasteiger partial charge is 0.307 e. The van der Waals surface area contributed by atoms with E-state index in [4.69, 9.17) is 4.42 Å². The van der Waals surface area contributed by atoms with Crippen molar-refractivity contribution in [1.82, 2.24) is 10.9 Å². The van der Waals surface area contributed by atoms with Gasteiger partial charge in [-0.3, -0.25) is 9.59 Å². The Balaban J connectivity index is 1.51. The van der Waals surface area contributed by atoms with Gasteiger partial charge in [0.15, 0.2) is 11.5 Å². The maximum absolute atomic E-state index is 12.2. The average Bonchev–Trinajstić information content (AvgIpc) is 3.31. The van der Waals surface area contributed by atoms with Crippen LogP contribution in [0.3, 0.4) is 0 Å². The summed E-state index contributed by atoms with van der Waals surface area (Å²) in [5.41, 5.74) is 8.53. The molecule has 0 aliphatic heterocycles. The minimum absolute atomic E-state index is 0.0360. The largest absolute Gasteiger partial charge is 0.446 e. The first-order valence-electron chi connectivity index (χ1n) is 10.2. The third kappa shape index (κ3) is 7.59. The highest BCUT2D eigenvalue weighted by atomic mass is 16.4. The monoisotopic (exact) mass is 440 g/mol. The highest BCUT2D eigenvalue weighted by Crippen LogP contribution is 2.09. The Morgan fingerprint density at radius 2 is 1.06 bits per heavy atom. The number of benzene rings is 2. The summed E-state index contributed by atoms with van der Waals surface area (Å²) in [6.07, 6.45) is 6.92. The third-order valence-electron chi connectivity index (χ3n) is 4.31. The highest BCUT2D eigenvalue weighted by Gasteiger charge is 2.15. The lowest BCUT2D eigenvalue weighted by Crippen LogP contribution is -2.18. The molecule has 0 spiro atoms. The van der Waals surface area contributed by atoms with E-state index in [0.29, 0.717) is 0 Å². The Kier molecular flexibility index (Phi) is 8.25. The van der Waals surface area contributed by atoms with Crippen LogP contribution in [0.2, 0.25) is 0 Å². The summed E-state index contributed by atoms with van der Waals surface area (Å²) in [6.45, 7) is 3.74. The second-order valence-electron chi connectivity index (χ2n) is 7.16. The summed E-state index contributed by atoms with van der Waals surface area (Å²) in [5.74, 6) is -1.21. The van der Waals surface area contributed by atoms with Crippen molar-refractivity contribution in [2.75, 3.05) is 0 Å². The second-order valence-corrected chi connectivity index (χ2v) is 7.16. The SMILES string of the molecule is C/C(C=NNC(=O)c1ccc(C(=O)NN=C/C(C)=C/c2ccccc2)o1)=C/c1ccccc1. The zero-order chi connectivity index (χ0) is 23.5. The molecule has 2 aromatic carbocycles. The van der Waals surface area contributed by atoms with Gasteiger partial charge in [0.2, 0.25) is 0 Å². The van der Waals surface area contributed by atoms with Crippen LogP contribution in [0.15, 0.2) is 98.6 Å². The number of nitrogens with zero attached hydrogens (tertiary/aromatic N) is 2. The lowest BCUT2D eigenvalue weighted by atomic mass is 10.1. The first-order valence-corrected chi connectivity index (χ1v) is 10.2. The molecule has 0 aliphatic carbocycles. The second kappa shape index (κ2) is 11.8. The quantitative estimate of drug-likeness (QED) is 0.384. The number of carbonyl (C=O) groups excluding carboxylic acids is 2. The van der Waals surface area contributed by atoms with Crippen molar-refractivity contribution >= 4 is 36.4 Å². The topological polar surface area (TPSA) is 96.1 Å². The van der Waals surface area contributed by atoms with Crippen LogP contribution in [0.1, 0.15) is 46.1 Å². The lowest BCUT2D eigenvalue weighted by Gasteiger charge is -1.98. The van der Waals surface area contributed by atoms with Crippen molar-refractivity contribution in [3.8, 4) is 0 Å². The molecule has 0 atom stereocenters. The van der Waals surface area contributed by atoms with Crippen LogP contribution in [0.25, 0.3) is 12.2 Å². The molecular weight excluding hydrogens is 416 g/mol. The molecule has 3 aromatic rings. The van der Waals surface area contributed by atoms with Gasteiger partial charge in [0.05, 0.1) is 12.4 Å². The summed E-state index contributed by atoms with van der Waals surface area (Å²) in [6, 6.07) is 22.3. The summed E-state index contributed by atoms with van der Waals surface area (Å²) in [5, 5.41) is 7.84. The Bertz CT molecular complexity index is 1110. The summed E-state index contributed by atoms with van der Waals surface area (Å²) in [7, 11) is 0. The van der Waals surface area contributed by atoms with E-state index in [1.807, 2.05) is 86.7 Å². The first kappa shape index (κ1) is 23.1. The summed E-state index contributed by atoms with van der Waals surface area (Å²) in [4.78, 5) is 24.4. The van der Waals surface area contributed by atoms with Gasteiger partial charge >= 0.3 is 11.8 Å². The van der Waals surface area contributed by atoms with Crippen molar-refractivity contribution in [2.45, 2.75) is 13.8 Å². The molecule has 0 unspecified atom stereocenters. The Labute approximate surface area is 192 Å². The van der Waals surface area contributed by atoms with Crippen molar-refractivity contribution in [2.24, 2.45) is 10.2 Å². The molecule has 0 bridgehead atoms. The Morgan fingerprint density at radius 1 is 0.667 bits per heavy atom. The minimum Gasteiger partial charge on any atom is -0.446 e. The van der Waals surface area contributed by atoms with Gasteiger partial charge in [0.1, 0.15) is 0 Å². The van der Waals surface area contributed by atoms with Crippen LogP contribution in [-0.4, -0.2) is 24.2 Å². The van der Waals surface area contributed by atoms with Gasteiger partial charge in [-0.15, -0.1) is 0 Å². The highest BCUT2D eigenvalue weighted by molar-refractivity contribution is 5.96. The predicted molar refractivity (Wildman–Crippen MR) is 131 cm³/mol. The molecule has 7 heteroatoms. The van der Waals surface area contributed by atoms with Gasteiger partial charge in [0, 0.05) is 0 Å². The molecule has 166 valence electrons. The number of hydrogen-bond donors (Lipinski definition) is 2. The Hall–Kier alpha value is -4.52. The number of hydrazone groups is 2. The molecular formula is C26H24N4O3. The molecule has 0 aliphatic rings. The summed E-state index contributed by atoms with van der Waals surface area (Å²) >= 11 is 0. The van der Waals surface area contributed by atoms with Crippen molar-refractivity contribution < 1.29 is 14.0 Å². The fourth-order valence-corrected chi connectivity index (χ4v) is 2.78. The number of nitrogens with one attached hydrogen (secondary N) is 2. The van der Waals surface area contributed by atoms with Crippen LogP contribution in [0, 0.1) is 0 Å². The van der Waals surface area contributed by atoms with Crippen LogP contribution in [-0.2, 0) is 0 Å². The molecule has 1 heterocycles. The number of allylic oxidation sites excluding steroid dienone is 2. The van der Waals surface area contributed by atoms with E-state index in [2.05, 4.69) is 21.1 Å². The van der Waals surface area contributed by atoms with Gasteiger partial charge in [-0.2, -0.15) is 10.2 Å². The molecule has 2 N–H and O–H groups in total. The van der Waals surface area contributed by atoms with Gasteiger partial charge < -0.3 is 4.42 Å². The number of carbonyl (C=O) groups is 2. The molecule has 7 nitrogen and oxygen atoms in total. The zero-order valence-corrected chi connectivity index (χ0v) is 18.4. The van der Waals surface area contributed by atoms with Gasteiger partial charge in [-0.1, -0.05) is 72.8 Å². The predicted octanol–water partition coefficient (Wildman–Crippen LogP) is 4.92. The maximum Gasteiger partial charge on any atom is 0.307 e. The van der Waals surface area contributed by atoms with Crippen molar-refractivity contribution in [1.29, 1.82) is 0 Å². The van der Waals surface area contributed by atoms with Crippen LogP contribution in [0.4, 0.5) is 0 Å². The molecule has 0 radical (unpaired) electrons. The van der Waals surface area contributed by atoms with E-state index in [1.165, 1.54) is 24.6 Å². The summed E-state index contributed by atoms with van der Waals surface area (Å²) < 4.78 is 5.31. The number of rotatable bonds is 8. The van der Waals surface area contributed by atoms with E-state index in [1.54, 1.807) is 0 Å². The molecule has 0 saturated heterocycles. The minimum atomic E-state index is -0.567. The van der Waals surface area contributed by atoms with Crippen LogP contribution in [0.5, 0.6) is 0 Å². The van der Waals surface area contributed by atoms with Crippen LogP contribution >= 0.6 is 0 Å². The molecule has 0 fully saturated rings. The molecule has 1 aromatic heterocycles. The molecule has 3 rings (SSSR count). The normalized spacial score (nSPS) is 12.3. The standard InChI is InChI=1S/C26H24N4O3/c1-19(15-21-9-5-3-6-10-21)17-27-29-25(31)23-13-14-24(33-23)26(32)30-28-18-20(2)16-22-11-7-4-8-12-22/h3-18H,1-2H3,(H,29,31)(H,30,32)/b19-15-,20-16+,27-17?,28-18?. The van der Waals surface area contributed by atoms with Gasteiger partial charge in [-0.05, 0) is 48.3 Å². The fourth-order valence-electron chi connectivity index (χ4n) is 2.78. The van der Waals surface area contributed by atoms with E-state index in [9.17, 15) is 9.59 Å². The number of furan rings is 1. The van der Waals surface area contributed by atoms with E-state index in [0.717, 1.165) is 22.3 Å². The molecule has 0 saturated carbocycles. The number of hydrogen-bond acceptors (Lipinski definition) is 5. The van der Waals surface area contributed by atoms with E-state index in [-0.39, 0.29) is 11.5 Å². The van der Waals surface area contributed by atoms with Crippen molar-refractivity contribution in [3.63, 3.8) is 0 Å². The van der Waals surface area contributed by atoms with E-state index >= 15 is 0 Å². The number of amides is 2. The van der Waals surface area contributed by atoms with Crippen LogP contribution < -0.4 is 10.9 Å². The lowest BCUT2D eigenvalue weighted by molar-refractivity contribution is 0.0902. The fraction of sp³-hybridized carbons (Fsp3) is 0.0769. The van der Waals surface area contributed by atoms with Gasteiger partial charge in [-0.25, -0.2) is 10.9 Å². The molecule has 33 heavy (non-hydrogen) atoms. The van der Waals surface area contributed by atoms with Gasteiger partial charge in [0.25, 0.3) is 0 Å². The molecule has 2 amide bonds. The average molecular weight is 441 g/mol. The van der Waals surface area contributed by atoms with Crippen molar-refractivity contribution in [3.05, 3.63) is 107 Å². The van der Waals surface area contributed by atoms with E-state index < -0.39 is 11.8 Å². The zero-order valence-electron chi connectivity index (χ0n) is 18.4. The maximum atomic E-state index is 12.2. The Morgan fingerprint density at radius 3 is 1.45 bits per heavy atom.